The second-order valence-electron chi connectivity index (χ2n) is 5.07. The minimum atomic E-state index is 0. The van der Waals surface area contributed by atoms with E-state index in [1.54, 1.807) is 0 Å². The third kappa shape index (κ3) is 4.45. The Hall–Kier alpha value is -1.18. The minimum absolute atomic E-state index is 0. The first kappa shape index (κ1) is 15.9. The minimum Gasteiger partial charge on any atom is -0.361 e. The highest BCUT2D eigenvalue weighted by atomic mass is 14.7. The molecule has 0 unspecified atom stereocenters. The Morgan fingerprint density at radius 1 is 1.32 bits per heavy atom. The number of hydrogen-bond acceptors (Lipinski definition) is 0. The van der Waals surface area contributed by atoms with Crippen LogP contribution in [-0.4, -0.2) is 12.8 Å². The molecule has 0 saturated heterocycles. The molecule has 0 spiro atoms. The fourth-order valence-electron chi connectivity index (χ4n) is 2.39. The Kier molecular flexibility index (Phi) is 6.76. The van der Waals surface area contributed by atoms with Crippen LogP contribution in [0, 0.1) is 5.92 Å². The summed E-state index contributed by atoms with van der Waals surface area (Å²) in [5.74, 6) is 0.746. The summed E-state index contributed by atoms with van der Waals surface area (Å²) in [4.78, 5) is 3.32. The van der Waals surface area contributed by atoms with Crippen molar-refractivity contribution >= 4 is 24.2 Å². The number of aromatic amines is 1. The van der Waals surface area contributed by atoms with Gasteiger partial charge in [0.1, 0.15) is 7.85 Å². The number of fused-ring (bicyclic) bond motifs is 1. The van der Waals surface area contributed by atoms with Crippen molar-refractivity contribution in [3.63, 3.8) is 0 Å². The van der Waals surface area contributed by atoms with Crippen LogP contribution in [-0.2, 0) is 6.42 Å². The van der Waals surface area contributed by atoms with Crippen LogP contribution in [0.3, 0.4) is 0 Å². The molecule has 0 aliphatic carbocycles. The van der Waals surface area contributed by atoms with Gasteiger partial charge in [-0.3, -0.25) is 0 Å². The van der Waals surface area contributed by atoms with Gasteiger partial charge in [0.05, 0.1) is 0 Å². The van der Waals surface area contributed by atoms with Crippen LogP contribution in [0.25, 0.3) is 10.9 Å². The van der Waals surface area contributed by atoms with Gasteiger partial charge in [0.2, 0.25) is 0 Å². The number of aromatic nitrogens is 1. The molecule has 1 heterocycles. The first-order chi connectivity index (χ1) is 9.20. The van der Waals surface area contributed by atoms with Crippen molar-refractivity contribution in [2.75, 3.05) is 0 Å². The highest BCUT2D eigenvalue weighted by Crippen LogP contribution is 2.22. The van der Waals surface area contributed by atoms with Gasteiger partial charge in [-0.05, 0) is 24.0 Å². The number of rotatable bonds is 5. The van der Waals surface area contributed by atoms with Gasteiger partial charge >= 0.3 is 0 Å². The summed E-state index contributed by atoms with van der Waals surface area (Å²) in [5, 5.41) is 1.29. The first-order valence-electron chi connectivity index (χ1n) is 7.56. The van der Waals surface area contributed by atoms with Gasteiger partial charge in [0.25, 0.3) is 0 Å². The molecule has 0 bridgehead atoms. The lowest BCUT2D eigenvalue weighted by atomic mass is 9.91. The summed E-state index contributed by atoms with van der Waals surface area (Å²) >= 11 is 0. The average Bonchev–Trinajstić information content (AvgIpc) is 2.81. The fraction of sp³-hybridized carbons (Fsp3) is 0.529. The van der Waals surface area contributed by atoms with E-state index in [2.05, 4.69) is 37.2 Å². The Morgan fingerprint density at radius 3 is 2.74 bits per heavy atom. The number of benzene rings is 1. The molecule has 2 radical (unpaired) electrons. The van der Waals surface area contributed by atoms with Crippen molar-refractivity contribution in [2.45, 2.75) is 53.4 Å². The summed E-state index contributed by atoms with van der Waals surface area (Å²) in [6, 6.07) is 6.09. The van der Waals surface area contributed by atoms with E-state index >= 15 is 0 Å². The monoisotopic (exact) mass is 257 g/mol. The predicted octanol–water partition coefficient (Wildman–Crippen LogP) is 4.60. The van der Waals surface area contributed by atoms with Crippen LogP contribution in [0.4, 0.5) is 0 Å². The average molecular weight is 257 g/mol. The Balaban J connectivity index is 0.00000115. The lowest BCUT2D eigenvalue weighted by molar-refractivity contribution is 0.505. The van der Waals surface area contributed by atoms with Gasteiger partial charge in [0, 0.05) is 18.5 Å². The molecule has 0 saturated carbocycles. The normalized spacial score (nSPS) is 12.0. The molecule has 1 N–H and O–H groups in total. The van der Waals surface area contributed by atoms with Crippen LogP contribution in [0.5, 0.6) is 0 Å². The van der Waals surface area contributed by atoms with Crippen LogP contribution in [0.2, 0.25) is 0 Å². The highest BCUT2D eigenvalue weighted by molar-refractivity contribution is 6.33. The molecule has 104 valence electrons. The summed E-state index contributed by atoms with van der Waals surface area (Å²) in [6.45, 7) is 8.58. The number of hydrogen-bond donors (Lipinski definition) is 1. The van der Waals surface area contributed by atoms with Crippen LogP contribution < -0.4 is 5.46 Å². The van der Waals surface area contributed by atoms with Gasteiger partial charge < -0.3 is 4.98 Å². The van der Waals surface area contributed by atoms with Crippen molar-refractivity contribution in [1.29, 1.82) is 0 Å². The van der Waals surface area contributed by atoms with Crippen molar-refractivity contribution < 1.29 is 1.43 Å². The maximum atomic E-state index is 5.85. The smallest absolute Gasteiger partial charge is 0.113 e. The highest BCUT2D eigenvalue weighted by Gasteiger charge is 2.08. The standard InChI is InChI=1S/C15H20BN.C2H6.H2/c1-3-4-5-11(2)8-12-10-17-15-7-6-13(16)9-14(12)15;1-2;/h6-7,9-11,17H,3-5,8H2,1-2H3;1-2H3;1H/t11-;;/m1../s1. The zero-order chi connectivity index (χ0) is 14.3. The largest absolute Gasteiger partial charge is 0.361 e. The van der Waals surface area contributed by atoms with Crippen LogP contribution >= 0.6 is 0 Å². The number of unbranched alkanes of at least 4 members (excludes halogenated alkanes) is 1. The molecule has 19 heavy (non-hydrogen) atoms. The number of nitrogens with one attached hydrogen (secondary N) is 1. The Labute approximate surface area is 120 Å². The van der Waals surface area contributed by atoms with Gasteiger partial charge in [-0.15, -0.1) is 0 Å². The zero-order valence-electron chi connectivity index (χ0n) is 12.8. The van der Waals surface area contributed by atoms with Gasteiger partial charge in [0.15, 0.2) is 0 Å². The molecule has 2 heteroatoms. The molecule has 2 aromatic rings. The molecule has 0 amide bonds. The van der Waals surface area contributed by atoms with E-state index in [1.807, 2.05) is 19.9 Å². The lowest BCUT2D eigenvalue weighted by Gasteiger charge is -2.09. The molecule has 0 fully saturated rings. The molecule has 1 nitrogen and oxygen atoms in total. The van der Waals surface area contributed by atoms with Gasteiger partial charge in [-0.1, -0.05) is 64.6 Å². The summed E-state index contributed by atoms with van der Waals surface area (Å²) in [7, 11) is 5.85. The molecule has 1 atom stereocenters. The summed E-state index contributed by atoms with van der Waals surface area (Å²) in [6.07, 6.45) is 7.19. The maximum Gasteiger partial charge on any atom is 0.113 e. The Bertz CT molecular complexity index is 493. The van der Waals surface area contributed by atoms with Crippen molar-refractivity contribution in [1.82, 2.24) is 4.98 Å². The Morgan fingerprint density at radius 2 is 2.05 bits per heavy atom. The fourth-order valence-corrected chi connectivity index (χ4v) is 2.39. The van der Waals surface area contributed by atoms with E-state index in [0.29, 0.717) is 0 Å². The van der Waals surface area contributed by atoms with E-state index < -0.39 is 0 Å². The second-order valence-corrected chi connectivity index (χ2v) is 5.07. The van der Waals surface area contributed by atoms with E-state index in [0.717, 1.165) is 17.8 Å². The van der Waals surface area contributed by atoms with E-state index in [4.69, 9.17) is 7.85 Å². The van der Waals surface area contributed by atoms with E-state index in [1.165, 1.54) is 35.7 Å². The predicted molar refractivity (Wildman–Crippen MR) is 89.5 cm³/mol. The molecular formula is C17H28BN. The second kappa shape index (κ2) is 8.09. The van der Waals surface area contributed by atoms with Crippen LogP contribution in [0.1, 0.15) is 53.9 Å². The molecule has 2 rings (SSSR count). The SMILES string of the molecule is CC.[B]c1ccc2[nH]cc(C[C@H](C)CCCC)c2c1.[HH]. The van der Waals surface area contributed by atoms with E-state index in [9.17, 15) is 0 Å². The third-order valence-electron chi connectivity index (χ3n) is 3.41. The quantitative estimate of drug-likeness (QED) is 0.753. The van der Waals surface area contributed by atoms with Gasteiger partial charge in [-0.25, -0.2) is 0 Å². The maximum absolute atomic E-state index is 5.85. The van der Waals surface area contributed by atoms with Crippen molar-refractivity contribution in [2.24, 2.45) is 5.92 Å². The molecule has 1 aromatic carbocycles. The van der Waals surface area contributed by atoms with Gasteiger partial charge in [-0.2, -0.15) is 0 Å². The summed E-state index contributed by atoms with van der Waals surface area (Å²) in [5.41, 5.74) is 3.44. The zero-order valence-corrected chi connectivity index (χ0v) is 12.8. The number of H-pyrrole nitrogens is 1. The molecule has 0 aliphatic rings. The van der Waals surface area contributed by atoms with Crippen molar-refractivity contribution in [3.8, 4) is 0 Å². The topological polar surface area (TPSA) is 15.8 Å². The lowest BCUT2D eigenvalue weighted by Crippen LogP contribution is -2.02. The third-order valence-corrected chi connectivity index (χ3v) is 3.41. The van der Waals surface area contributed by atoms with E-state index in [-0.39, 0.29) is 1.43 Å². The molecule has 0 aliphatic heterocycles. The molecular weight excluding hydrogens is 229 g/mol. The van der Waals surface area contributed by atoms with Crippen LogP contribution in [0.15, 0.2) is 24.4 Å². The first-order valence-corrected chi connectivity index (χ1v) is 7.56. The molecule has 1 aromatic heterocycles. The van der Waals surface area contributed by atoms with Crippen molar-refractivity contribution in [3.05, 3.63) is 30.0 Å². The summed E-state index contributed by atoms with van der Waals surface area (Å²) < 4.78 is 0.